The Hall–Kier alpha value is -2.30. The molecule has 2 aromatic heterocycles. The molecule has 1 amide bonds. The third-order valence-corrected chi connectivity index (χ3v) is 3.04. The maximum atomic E-state index is 12.3. The molecule has 0 saturated heterocycles. The standard InChI is InChI=1S/C14H16N4O/c1-10-5-4-6-13(17-10)14(19)18(3)11(2)12-7-8-15-9-16-12/h4-9,11H,1-3H3. The van der Waals surface area contributed by atoms with Crippen LogP contribution in [0.15, 0.2) is 36.8 Å². The van der Waals surface area contributed by atoms with Crippen LogP contribution >= 0.6 is 0 Å². The van der Waals surface area contributed by atoms with Crippen molar-refractivity contribution in [2.75, 3.05) is 7.05 Å². The molecule has 0 fully saturated rings. The predicted molar refractivity (Wildman–Crippen MR) is 71.5 cm³/mol. The van der Waals surface area contributed by atoms with Gasteiger partial charge in [0.15, 0.2) is 0 Å². The molecule has 5 nitrogen and oxygen atoms in total. The van der Waals surface area contributed by atoms with Crippen LogP contribution in [0.1, 0.15) is 34.8 Å². The largest absolute Gasteiger partial charge is 0.332 e. The van der Waals surface area contributed by atoms with E-state index in [1.54, 1.807) is 30.3 Å². The van der Waals surface area contributed by atoms with Crippen molar-refractivity contribution < 1.29 is 4.79 Å². The summed E-state index contributed by atoms with van der Waals surface area (Å²) in [7, 11) is 1.75. The third-order valence-electron chi connectivity index (χ3n) is 3.04. The van der Waals surface area contributed by atoms with Crippen LogP contribution in [-0.4, -0.2) is 32.8 Å². The maximum absolute atomic E-state index is 12.3. The van der Waals surface area contributed by atoms with Crippen LogP contribution in [0, 0.1) is 6.92 Å². The first-order valence-electron chi connectivity index (χ1n) is 6.06. The van der Waals surface area contributed by atoms with Crippen molar-refractivity contribution >= 4 is 5.91 Å². The number of hydrogen-bond acceptors (Lipinski definition) is 4. The van der Waals surface area contributed by atoms with E-state index in [2.05, 4.69) is 15.0 Å². The van der Waals surface area contributed by atoms with Crippen molar-refractivity contribution in [3.8, 4) is 0 Å². The van der Waals surface area contributed by atoms with Crippen LogP contribution in [0.3, 0.4) is 0 Å². The van der Waals surface area contributed by atoms with Gasteiger partial charge in [-0.1, -0.05) is 6.07 Å². The molecule has 0 aliphatic rings. The summed E-state index contributed by atoms with van der Waals surface area (Å²) in [6.45, 7) is 3.79. The Kier molecular flexibility index (Phi) is 3.85. The average molecular weight is 256 g/mol. The minimum Gasteiger partial charge on any atom is -0.332 e. The molecule has 0 saturated carbocycles. The number of nitrogens with zero attached hydrogens (tertiary/aromatic N) is 4. The van der Waals surface area contributed by atoms with Gasteiger partial charge in [0.2, 0.25) is 0 Å². The molecule has 0 bridgehead atoms. The van der Waals surface area contributed by atoms with Gasteiger partial charge in [0.25, 0.3) is 5.91 Å². The highest BCUT2D eigenvalue weighted by Gasteiger charge is 2.20. The second kappa shape index (κ2) is 5.56. The minimum atomic E-state index is -0.127. The summed E-state index contributed by atoms with van der Waals surface area (Å²) < 4.78 is 0. The summed E-state index contributed by atoms with van der Waals surface area (Å²) in [5, 5.41) is 0. The Morgan fingerprint density at radius 1 is 1.32 bits per heavy atom. The van der Waals surface area contributed by atoms with Gasteiger partial charge in [-0.2, -0.15) is 0 Å². The number of rotatable bonds is 3. The lowest BCUT2D eigenvalue weighted by Crippen LogP contribution is -2.30. The smallest absolute Gasteiger partial charge is 0.272 e. The summed E-state index contributed by atoms with van der Waals surface area (Å²) in [6.07, 6.45) is 3.15. The highest BCUT2D eigenvalue weighted by atomic mass is 16.2. The molecule has 2 rings (SSSR count). The van der Waals surface area contributed by atoms with E-state index in [0.717, 1.165) is 11.4 Å². The maximum Gasteiger partial charge on any atom is 0.272 e. The number of carbonyl (C=O) groups is 1. The van der Waals surface area contributed by atoms with Crippen LogP contribution in [0.25, 0.3) is 0 Å². The van der Waals surface area contributed by atoms with Crippen molar-refractivity contribution in [3.63, 3.8) is 0 Å². The third kappa shape index (κ3) is 2.93. The van der Waals surface area contributed by atoms with E-state index in [4.69, 9.17) is 0 Å². The lowest BCUT2D eigenvalue weighted by atomic mass is 10.2. The van der Waals surface area contributed by atoms with Crippen LogP contribution in [0.2, 0.25) is 0 Å². The molecule has 19 heavy (non-hydrogen) atoms. The van der Waals surface area contributed by atoms with Crippen LogP contribution in [-0.2, 0) is 0 Å². The van der Waals surface area contributed by atoms with Gasteiger partial charge in [0, 0.05) is 18.9 Å². The van der Waals surface area contributed by atoms with Crippen molar-refractivity contribution in [2.24, 2.45) is 0 Å². The Morgan fingerprint density at radius 2 is 2.11 bits per heavy atom. The quantitative estimate of drug-likeness (QED) is 0.843. The van der Waals surface area contributed by atoms with Crippen molar-refractivity contribution in [2.45, 2.75) is 19.9 Å². The molecule has 0 aromatic carbocycles. The molecule has 2 heterocycles. The Morgan fingerprint density at radius 3 is 2.74 bits per heavy atom. The fourth-order valence-electron chi connectivity index (χ4n) is 1.77. The van der Waals surface area contributed by atoms with E-state index in [9.17, 15) is 4.79 Å². The molecule has 5 heteroatoms. The summed E-state index contributed by atoms with van der Waals surface area (Å²) >= 11 is 0. The molecule has 0 aliphatic heterocycles. The number of amides is 1. The monoisotopic (exact) mass is 256 g/mol. The zero-order valence-corrected chi connectivity index (χ0v) is 11.2. The zero-order valence-electron chi connectivity index (χ0n) is 11.2. The van der Waals surface area contributed by atoms with Crippen LogP contribution < -0.4 is 0 Å². The van der Waals surface area contributed by atoms with Gasteiger partial charge in [0.05, 0.1) is 11.7 Å². The van der Waals surface area contributed by atoms with Gasteiger partial charge in [-0.05, 0) is 32.0 Å². The topological polar surface area (TPSA) is 59.0 Å². The molecule has 1 atom stereocenters. The zero-order chi connectivity index (χ0) is 13.8. The molecule has 0 N–H and O–H groups in total. The van der Waals surface area contributed by atoms with Gasteiger partial charge in [0.1, 0.15) is 12.0 Å². The van der Waals surface area contributed by atoms with Gasteiger partial charge >= 0.3 is 0 Å². The highest BCUT2D eigenvalue weighted by molar-refractivity contribution is 5.92. The lowest BCUT2D eigenvalue weighted by Gasteiger charge is -2.24. The molecular formula is C14H16N4O. The number of hydrogen-bond donors (Lipinski definition) is 0. The molecule has 1 unspecified atom stereocenters. The summed E-state index contributed by atoms with van der Waals surface area (Å²) in [4.78, 5) is 26.2. The fourth-order valence-corrected chi connectivity index (χ4v) is 1.77. The summed E-state index contributed by atoms with van der Waals surface area (Å²) in [6, 6.07) is 7.10. The predicted octanol–water partition coefficient (Wildman–Crippen LogP) is 2.01. The van der Waals surface area contributed by atoms with Gasteiger partial charge < -0.3 is 4.90 Å². The van der Waals surface area contributed by atoms with Crippen LogP contribution in [0.4, 0.5) is 0 Å². The van der Waals surface area contributed by atoms with Crippen LogP contribution in [0.5, 0.6) is 0 Å². The number of carbonyl (C=O) groups excluding carboxylic acids is 1. The van der Waals surface area contributed by atoms with Gasteiger partial charge in [-0.25, -0.2) is 15.0 Å². The summed E-state index contributed by atoms with van der Waals surface area (Å²) in [5.41, 5.74) is 2.08. The first kappa shape index (κ1) is 13.1. The second-order valence-electron chi connectivity index (χ2n) is 4.39. The van der Waals surface area contributed by atoms with Crippen molar-refractivity contribution in [3.05, 3.63) is 53.9 Å². The second-order valence-corrected chi connectivity index (χ2v) is 4.39. The highest BCUT2D eigenvalue weighted by Crippen LogP contribution is 2.17. The molecular weight excluding hydrogens is 240 g/mol. The van der Waals surface area contributed by atoms with Gasteiger partial charge in [-0.3, -0.25) is 4.79 Å². The van der Waals surface area contributed by atoms with Gasteiger partial charge in [-0.15, -0.1) is 0 Å². The summed E-state index contributed by atoms with van der Waals surface area (Å²) in [5.74, 6) is -0.116. The molecule has 0 radical (unpaired) electrons. The van der Waals surface area contributed by atoms with E-state index in [1.165, 1.54) is 6.33 Å². The Labute approximate surface area is 112 Å². The van der Waals surface area contributed by atoms with E-state index in [0.29, 0.717) is 5.69 Å². The fraction of sp³-hybridized carbons (Fsp3) is 0.286. The van der Waals surface area contributed by atoms with Crippen molar-refractivity contribution in [1.29, 1.82) is 0 Å². The average Bonchev–Trinajstić information content (AvgIpc) is 2.46. The molecule has 0 aliphatic carbocycles. The van der Waals surface area contributed by atoms with E-state index in [-0.39, 0.29) is 11.9 Å². The SMILES string of the molecule is Cc1cccc(C(=O)N(C)C(C)c2ccncn2)n1. The Bertz CT molecular complexity index is 571. The van der Waals surface area contributed by atoms with Crippen molar-refractivity contribution in [1.82, 2.24) is 19.9 Å². The van der Waals surface area contributed by atoms with E-state index in [1.807, 2.05) is 26.0 Å². The first-order chi connectivity index (χ1) is 9.09. The molecule has 0 spiro atoms. The van der Waals surface area contributed by atoms with E-state index < -0.39 is 0 Å². The lowest BCUT2D eigenvalue weighted by molar-refractivity contribution is 0.0733. The Balaban J connectivity index is 2.20. The molecule has 98 valence electrons. The minimum absolute atomic E-state index is 0.116. The number of pyridine rings is 1. The number of aromatic nitrogens is 3. The normalized spacial score (nSPS) is 11.9. The molecule has 2 aromatic rings. The van der Waals surface area contributed by atoms with E-state index >= 15 is 0 Å². The number of aryl methyl sites for hydroxylation is 1. The first-order valence-corrected chi connectivity index (χ1v) is 6.06.